The number of carbonyl (C=O) groups is 2. The number of rotatable bonds is 6. The van der Waals surface area contributed by atoms with Crippen LogP contribution in [0.1, 0.15) is 20.9 Å². The molecule has 2 N–H and O–H groups in total. The van der Waals surface area contributed by atoms with Crippen molar-refractivity contribution in [3.63, 3.8) is 0 Å². The number of aromatic nitrogens is 1. The molecule has 0 saturated carbocycles. The molecule has 2 aromatic rings. The standard InChI is InChI=1S/C13H12N4O5/c18-12(9-2-1-5-14-8-9)15-6-7-16-13(19)10-3-4-11(22-10)17(20)21/h1-5,8H,6-7H2,(H,15,18)(H,16,19). The number of hydrogen-bond acceptors (Lipinski definition) is 6. The van der Waals surface area contributed by atoms with Gasteiger partial charge in [-0.2, -0.15) is 0 Å². The Morgan fingerprint density at radius 3 is 2.50 bits per heavy atom. The van der Waals surface area contributed by atoms with Crippen molar-refractivity contribution >= 4 is 17.7 Å². The lowest BCUT2D eigenvalue weighted by atomic mass is 10.3. The van der Waals surface area contributed by atoms with E-state index in [2.05, 4.69) is 15.6 Å². The fourth-order valence-electron chi connectivity index (χ4n) is 1.59. The predicted molar refractivity (Wildman–Crippen MR) is 74.3 cm³/mol. The Labute approximate surface area is 124 Å². The Kier molecular flexibility index (Phi) is 4.81. The van der Waals surface area contributed by atoms with Crippen LogP contribution in [0.15, 0.2) is 41.1 Å². The molecule has 2 heterocycles. The van der Waals surface area contributed by atoms with Crippen LogP contribution in [-0.4, -0.2) is 34.8 Å². The largest absolute Gasteiger partial charge is 0.433 e. The number of nitrogens with zero attached hydrogens (tertiary/aromatic N) is 2. The SMILES string of the molecule is O=C(NCCNC(=O)c1ccc([N+](=O)[O-])o1)c1cccnc1. The summed E-state index contributed by atoms with van der Waals surface area (Å²) >= 11 is 0. The van der Waals surface area contributed by atoms with Crippen LogP contribution in [0.3, 0.4) is 0 Å². The molecule has 0 radical (unpaired) electrons. The molecule has 2 rings (SSSR count). The molecule has 2 aromatic heterocycles. The second-order valence-corrected chi connectivity index (χ2v) is 4.15. The van der Waals surface area contributed by atoms with Crippen molar-refractivity contribution in [1.82, 2.24) is 15.6 Å². The van der Waals surface area contributed by atoms with Crippen LogP contribution < -0.4 is 10.6 Å². The number of nitro groups is 1. The van der Waals surface area contributed by atoms with Gasteiger partial charge in [-0.3, -0.25) is 24.7 Å². The zero-order valence-electron chi connectivity index (χ0n) is 11.3. The maximum absolute atomic E-state index is 11.7. The molecule has 0 spiro atoms. The summed E-state index contributed by atoms with van der Waals surface area (Å²) in [7, 11) is 0. The molecule has 9 heteroatoms. The molecule has 114 valence electrons. The first-order valence-electron chi connectivity index (χ1n) is 6.28. The number of hydrogen-bond donors (Lipinski definition) is 2. The third-order valence-electron chi connectivity index (χ3n) is 2.62. The summed E-state index contributed by atoms with van der Waals surface area (Å²) < 4.78 is 4.75. The van der Waals surface area contributed by atoms with Crippen molar-refractivity contribution < 1.29 is 18.9 Å². The van der Waals surface area contributed by atoms with Crippen LogP contribution in [0.4, 0.5) is 5.88 Å². The smallest absolute Gasteiger partial charge is 0.395 e. The summed E-state index contributed by atoms with van der Waals surface area (Å²) in [6.45, 7) is 0.349. The van der Waals surface area contributed by atoms with Gasteiger partial charge < -0.3 is 15.1 Å². The molecule has 0 bridgehead atoms. The quantitative estimate of drug-likeness (QED) is 0.460. The normalized spacial score (nSPS) is 10.0. The molecular weight excluding hydrogens is 292 g/mol. The first-order valence-corrected chi connectivity index (χ1v) is 6.28. The second-order valence-electron chi connectivity index (χ2n) is 4.15. The number of nitrogens with one attached hydrogen (secondary N) is 2. The molecule has 0 aliphatic heterocycles. The lowest BCUT2D eigenvalue weighted by molar-refractivity contribution is -0.402. The lowest BCUT2D eigenvalue weighted by Gasteiger charge is -2.05. The highest BCUT2D eigenvalue weighted by molar-refractivity contribution is 5.94. The zero-order chi connectivity index (χ0) is 15.9. The van der Waals surface area contributed by atoms with Gasteiger partial charge in [0.15, 0.2) is 5.76 Å². The van der Waals surface area contributed by atoms with Gasteiger partial charge in [-0.25, -0.2) is 0 Å². The molecule has 0 fully saturated rings. The van der Waals surface area contributed by atoms with Gasteiger partial charge in [0.2, 0.25) is 0 Å². The Bertz CT molecular complexity index is 683. The molecule has 0 aliphatic carbocycles. The van der Waals surface area contributed by atoms with E-state index in [9.17, 15) is 19.7 Å². The summed E-state index contributed by atoms with van der Waals surface area (Å²) in [5.41, 5.74) is 0.412. The third kappa shape index (κ3) is 3.88. The first-order chi connectivity index (χ1) is 10.6. The average molecular weight is 304 g/mol. The minimum atomic E-state index is -0.731. The predicted octanol–water partition coefficient (Wildman–Crippen LogP) is 0.743. The highest BCUT2D eigenvalue weighted by Gasteiger charge is 2.16. The van der Waals surface area contributed by atoms with Gasteiger partial charge in [0, 0.05) is 25.5 Å². The van der Waals surface area contributed by atoms with Crippen LogP contribution in [0.5, 0.6) is 0 Å². The Balaban J connectivity index is 1.75. The van der Waals surface area contributed by atoms with Crippen LogP contribution in [0.2, 0.25) is 0 Å². The third-order valence-corrected chi connectivity index (χ3v) is 2.62. The van der Waals surface area contributed by atoms with Gasteiger partial charge in [-0.05, 0) is 18.2 Å². The van der Waals surface area contributed by atoms with Crippen molar-refractivity contribution in [3.8, 4) is 0 Å². The number of pyridine rings is 1. The topological polar surface area (TPSA) is 127 Å². The van der Waals surface area contributed by atoms with E-state index in [1.165, 1.54) is 12.3 Å². The van der Waals surface area contributed by atoms with E-state index in [4.69, 9.17) is 4.42 Å². The summed E-state index contributed by atoms with van der Waals surface area (Å²) in [4.78, 5) is 36.8. The van der Waals surface area contributed by atoms with Gasteiger partial charge in [-0.1, -0.05) is 0 Å². The van der Waals surface area contributed by atoms with Gasteiger partial charge in [-0.15, -0.1) is 0 Å². The second kappa shape index (κ2) is 6.97. The number of furan rings is 1. The summed E-state index contributed by atoms with van der Waals surface area (Å²) in [5.74, 6) is -1.57. The molecular formula is C13H12N4O5. The maximum Gasteiger partial charge on any atom is 0.433 e. The van der Waals surface area contributed by atoms with Gasteiger partial charge in [0.05, 0.1) is 11.6 Å². The molecule has 0 saturated heterocycles. The van der Waals surface area contributed by atoms with Crippen molar-refractivity contribution in [3.05, 3.63) is 58.1 Å². The molecule has 0 aliphatic rings. The van der Waals surface area contributed by atoms with E-state index in [1.54, 1.807) is 18.3 Å². The van der Waals surface area contributed by atoms with Gasteiger partial charge in [0.1, 0.15) is 4.92 Å². The van der Waals surface area contributed by atoms with E-state index in [0.717, 1.165) is 6.07 Å². The first kappa shape index (κ1) is 15.2. The minimum Gasteiger partial charge on any atom is -0.395 e. The fraction of sp³-hybridized carbons (Fsp3) is 0.154. The Morgan fingerprint density at radius 1 is 1.18 bits per heavy atom. The average Bonchev–Trinajstić information content (AvgIpc) is 3.02. The minimum absolute atomic E-state index is 0.152. The molecule has 0 atom stereocenters. The van der Waals surface area contributed by atoms with E-state index < -0.39 is 16.7 Å². The molecule has 0 unspecified atom stereocenters. The van der Waals surface area contributed by atoms with Crippen molar-refractivity contribution in [2.24, 2.45) is 0 Å². The van der Waals surface area contributed by atoms with Crippen LogP contribution in [0.25, 0.3) is 0 Å². The van der Waals surface area contributed by atoms with Crippen molar-refractivity contribution in [2.45, 2.75) is 0 Å². The van der Waals surface area contributed by atoms with Crippen molar-refractivity contribution in [1.29, 1.82) is 0 Å². The molecule has 0 aromatic carbocycles. The van der Waals surface area contributed by atoms with Gasteiger partial charge in [0.25, 0.3) is 11.8 Å². The van der Waals surface area contributed by atoms with Crippen molar-refractivity contribution in [2.75, 3.05) is 13.1 Å². The zero-order valence-corrected chi connectivity index (χ0v) is 11.3. The van der Waals surface area contributed by atoms with E-state index >= 15 is 0 Å². The van der Waals surface area contributed by atoms with E-state index in [1.807, 2.05) is 0 Å². The Hall–Kier alpha value is -3.23. The fourth-order valence-corrected chi connectivity index (χ4v) is 1.59. The summed E-state index contributed by atoms with van der Waals surface area (Å²) in [6, 6.07) is 5.56. The van der Waals surface area contributed by atoms with E-state index in [0.29, 0.717) is 5.56 Å². The number of amides is 2. The van der Waals surface area contributed by atoms with Crippen LogP contribution in [0, 0.1) is 10.1 Å². The molecule has 2 amide bonds. The summed E-state index contributed by atoms with van der Waals surface area (Å²) in [6.07, 6.45) is 2.98. The summed E-state index contributed by atoms with van der Waals surface area (Å²) in [5, 5.41) is 15.5. The highest BCUT2D eigenvalue weighted by Crippen LogP contribution is 2.15. The van der Waals surface area contributed by atoms with E-state index in [-0.39, 0.29) is 24.8 Å². The molecule has 22 heavy (non-hydrogen) atoms. The molecule has 9 nitrogen and oxygen atoms in total. The number of carbonyl (C=O) groups excluding carboxylic acids is 2. The van der Waals surface area contributed by atoms with Gasteiger partial charge >= 0.3 is 5.88 Å². The Morgan fingerprint density at radius 2 is 1.91 bits per heavy atom. The highest BCUT2D eigenvalue weighted by atomic mass is 16.6. The lowest BCUT2D eigenvalue weighted by Crippen LogP contribution is -2.34. The maximum atomic E-state index is 11.7. The van der Waals surface area contributed by atoms with Crippen LogP contribution in [-0.2, 0) is 0 Å². The van der Waals surface area contributed by atoms with Crippen LogP contribution >= 0.6 is 0 Å². The monoisotopic (exact) mass is 304 g/mol.